The molecule has 0 saturated heterocycles. The van der Waals surface area contributed by atoms with Crippen LogP contribution in [0.2, 0.25) is 5.02 Å². The summed E-state index contributed by atoms with van der Waals surface area (Å²) in [6, 6.07) is 7.65. The number of anilines is 1. The third kappa shape index (κ3) is 3.58. The van der Waals surface area contributed by atoms with Crippen molar-refractivity contribution in [3.8, 4) is 0 Å². The molecule has 0 N–H and O–H groups in total. The lowest BCUT2D eigenvalue weighted by Gasteiger charge is -2.21. The minimum atomic E-state index is -0.315. The molecule has 2 aromatic rings. The number of benzene rings is 1. The lowest BCUT2D eigenvalue weighted by molar-refractivity contribution is -0.123. The van der Waals surface area contributed by atoms with Gasteiger partial charge < -0.3 is 4.57 Å². The number of carbonyl (C=O) groups excluding carboxylic acids is 2. The first kappa shape index (κ1) is 19.1. The van der Waals surface area contributed by atoms with Crippen molar-refractivity contribution >= 4 is 45.0 Å². The number of hydrogen-bond donors (Lipinski definition) is 0. The summed E-state index contributed by atoms with van der Waals surface area (Å²) < 4.78 is 2.42. The maximum Gasteiger partial charge on any atom is 0.231 e. The molecular formula is C19H21BrClN3O2. The number of aromatic nitrogens is 2. The van der Waals surface area contributed by atoms with E-state index in [1.54, 1.807) is 7.05 Å². The van der Waals surface area contributed by atoms with Crippen LogP contribution in [0, 0.1) is 11.8 Å². The molecule has 138 valence electrons. The van der Waals surface area contributed by atoms with Crippen molar-refractivity contribution in [2.45, 2.75) is 33.2 Å². The van der Waals surface area contributed by atoms with E-state index in [1.807, 2.05) is 42.7 Å². The highest BCUT2D eigenvalue weighted by Crippen LogP contribution is 2.33. The molecule has 0 saturated carbocycles. The highest BCUT2D eigenvalue weighted by molar-refractivity contribution is 9.10. The van der Waals surface area contributed by atoms with E-state index in [0.717, 1.165) is 12.0 Å². The molecule has 0 fully saturated rings. The molecule has 1 aliphatic rings. The summed E-state index contributed by atoms with van der Waals surface area (Å²) in [7, 11) is 1.69. The number of fused-ring (bicyclic) bond motifs is 1. The first-order chi connectivity index (χ1) is 12.3. The van der Waals surface area contributed by atoms with Crippen molar-refractivity contribution in [3.05, 3.63) is 45.3 Å². The molecule has 7 heteroatoms. The lowest BCUT2D eigenvalue weighted by Crippen LogP contribution is -2.34. The monoisotopic (exact) mass is 437 g/mol. The van der Waals surface area contributed by atoms with E-state index in [2.05, 4.69) is 20.9 Å². The molecule has 1 aliphatic heterocycles. The van der Waals surface area contributed by atoms with Crippen molar-refractivity contribution in [2.75, 3.05) is 11.9 Å². The van der Waals surface area contributed by atoms with E-state index in [4.69, 9.17) is 11.6 Å². The summed E-state index contributed by atoms with van der Waals surface area (Å²) >= 11 is 9.38. The molecule has 5 nitrogen and oxygen atoms in total. The zero-order valence-electron chi connectivity index (χ0n) is 15.0. The van der Waals surface area contributed by atoms with Crippen molar-refractivity contribution in [3.63, 3.8) is 0 Å². The number of carbonyl (C=O) groups is 2. The molecule has 26 heavy (non-hydrogen) atoms. The average Bonchev–Trinajstić information content (AvgIpc) is 2.89. The number of aryl methyl sites for hydroxylation is 1. The van der Waals surface area contributed by atoms with Crippen LogP contribution < -0.4 is 4.90 Å². The number of ketones is 1. The fourth-order valence-corrected chi connectivity index (χ4v) is 3.93. The maximum atomic E-state index is 12.9. The number of amides is 1. The Morgan fingerprint density at radius 2 is 1.92 bits per heavy atom. The Kier molecular flexibility index (Phi) is 5.53. The molecule has 1 aromatic carbocycles. The van der Waals surface area contributed by atoms with Gasteiger partial charge in [-0.25, -0.2) is 4.98 Å². The van der Waals surface area contributed by atoms with Gasteiger partial charge in [-0.15, -0.1) is 0 Å². The standard InChI is InChI=1S/C19H21BrClN3O2/c1-11(2)14-10-15(25)16-17(23(3)18(14)26)22-19(20)24(16)9-8-12-4-6-13(21)7-5-12/h4-7,11,14H,8-10H2,1-3H3. The Hall–Kier alpha value is -1.66. The Morgan fingerprint density at radius 3 is 2.54 bits per heavy atom. The van der Waals surface area contributed by atoms with Crippen molar-refractivity contribution in [1.82, 2.24) is 9.55 Å². The summed E-state index contributed by atoms with van der Waals surface area (Å²) in [5.41, 5.74) is 1.62. The van der Waals surface area contributed by atoms with Gasteiger partial charge in [-0.3, -0.25) is 14.5 Å². The van der Waals surface area contributed by atoms with E-state index in [1.165, 1.54) is 4.90 Å². The molecule has 1 aromatic heterocycles. The molecule has 0 spiro atoms. The molecule has 3 rings (SSSR count). The van der Waals surface area contributed by atoms with Gasteiger partial charge in [0.2, 0.25) is 5.91 Å². The van der Waals surface area contributed by atoms with Crippen LogP contribution in [0.1, 0.15) is 36.3 Å². The normalized spacial score (nSPS) is 17.6. The van der Waals surface area contributed by atoms with Crippen LogP contribution in [-0.4, -0.2) is 28.3 Å². The molecule has 0 aliphatic carbocycles. The van der Waals surface area contributed by atoms with Gasteiger partial charge in [0.15, 0.2) is 16.3 Å². The molecule has 1 atom stereocenters. The minimum absolute atomic E-state index is 0.0364. The number of halogens is 2. The second-order valence-electron chi connectivity index (χ2n) is 6.96. The van der Waals surface area contributed by atoms with E-state index >= 15 is 0 Å². The van der Waals surface area contributed by atoms with Gasteiger partial charge in [0.05, 0.1) is 0 Å². The highest BCUT2D eigenvalue weighted by Gasteiger charge is 2.37. The van der Waals surface area contributed by atoms with E-state index in [0.29, 0.717) is 27.8 Å². The van der Waals surface area contributed by atoms with Crippen LogP contribution in [-0.2, 0) is 17.8 Å². The third-order valence-corrected chi connectivity index (χ3v) is 5.74. The molecule has 1 unspecified atom stereocenters. The summed E-state index contributed by atoms with van der Waals surface area (Å²) in [5, 5.41) is 0.696. The largest absolute Gasteiger partial charge is 0.314 e. The van der Waals surface area contributed by atoms with Crippen molar-refractivity contribution in [2.24, 2.45) is 11.8 Å². The molecule has 0 bridgehead atoms. The summed E-state index contributed by atoms with van der Waals surface area (Å²) in [6.45, 7) is 4.53. The Morgan fingerprint density at radius 1 is 1.27 bits per heavy atom. The van der Waals surface area contributed by atoms with Crippen LogP contribution in [0.4, 0.5) is 5.82 Å². The number of nitrogens with zero attached hydrogens (tertiary/aromatic N) is 3. The van der Waals surface area contributed by atoms with Gasteiger partial charge >= 0.3 is 0 Å². The van der Waals surface area contributed by atoms with Gasteiger partial charge in [0.25, 0.3) is 0 Å². The summed E-state index contributed by atoms with van der Waals surface area (Å²) in [5.74, 6) is 0.132. The lowest BCUT2D eigenvalue weighted by atomic mass is 9.90. The third-order valence-electron chi connectivity index (χ3n) is 4.88. The number of imidazole rings is 1. The SMILES string of the molecule is CC(C)C1CC(=O)c2c(nc(Br)n2CCc2ccc(Cl)cc2)N(C)C1=O. The summed E-state index contributed by atoms with van der Waals surface area (Å²) in [4.78, 5) is 31.6. The second-order valence-corrected chi connectivity index (χ2v) is 8.10. The zero-order chi connectivity index (χ0) is 19.0. The van der Waals surface area contributed by atoms with Crippen LogP contribution >= 0.6 is 27.5 Å². The van der Waals surface area contributed by atoms with Crippen LogP contribution in [0.3, 0.4) is 0 Å². The second kappa shape index (κ2) is 7.53. The average molecular weight is 439 g/mol. The van der Waals surface area contributed by atoms with Gasteiger partial charge in [-0.2, -0.15) is 0 Å². The van der Waals surface area contributed by atoms with Crippen LogP contribution in [0.15, 0.2) is 29.0 Å². The summed E-state index contributed by atoms with van der Waals surface area (Å²) in [6.07, 6.45) is 0.948. The Bertz CT molecular complexity index is 845. The maximum absolute atomic E-state index is 12.9. The van der Waals surface area contributed by atoms with E-state index in [9.17, 15) is 9.59 Å². The fourth-order valence-electron chi connectivity index (χ4n) is 3.28. The highest BCUT2D eigenvalue weighted by atomic mass is 79.9. The number of hydrogen-bond acceptors (Lipinski definition) is 3. The minimum Gasteiger partial charge on any atom is -0.314 e. The van der Waals surface area contributed by atoms with Crippen molar-refractivity contribution in [1.29, 1.82) is 0 Å². The molecule has 2 heterocycles. The Labute approximate surface area is 166 Å². The van der Waals surface area contributed by atoms with Gasteiger partial charge in [-0.1, -0.05) is 37.6 Å². The molecule has 0 radical (unpaired) electrons. The van der Waals surface area contributed by atoms with Crippen LogP contribution in [0.25, 0.3) is 0 Å². The van der Waals surface area contributed by atoms with Gasteiger partial charge in [0, 0.05) is 31.0 Å². The van der Waals surface area contributed by atoms with E-state index < -0.39 is 0 Å². The smallest absolute Gasteiger partial charge is 0.231 e. The molecular weight excluding hydrogens is 418 g/mol. The van der Waals surface area contributed by atoms with Crippen molar-refractivity contribution < 1.29 is 9.59 Å². The van der Waals surface area contributed by atoms with Crippen LogP contribution in [0.5, 0.6) is 0 Å². The number of Topliss-reactive ketones (excluding diaryl/α,β-unsaturated/α-hetero) is 1. The van der Waals surface area contributed by atoms with E-state index in [-0.39, 0.29) is 29.9 Å². The molecule has 1 amide bonds. The first-order valence-electron chi connectivity index (χ1n) is 8.60. The predicted octanol–water partition coefficient (Wildman–Crippen LogP) is 4.36. The fraction of sp³-hybridized carbons (Fsp3) is 0.421. The predicted molar refractivity (Wildman–Crippen MR) is 106 cm³/mol. The first-order valence-corrected chi connectivity index (χ1v) is 9.78. The Balaban J connectivity index is 1.93. The zero-order valence-corrected chi connectivity index (χ0v) is 17.3. The van der Waals surface area contributed by atoms with Gasteiger partial charge in [-0.05, 0) is 46.0 Å². The topological polar surface area (TPSA) is 55.2 Å². The van der Waals surface area contributed by atoms with Gasteiger partial charge in [0.1, 0.15) is 5.69 Å². The number of rotatable bonds is 4. The quantitative estimate of drug-likeness (QED) is 0.712.